The topological polar surface area (TPSA) is 111 Å². The van der Waals surface area contributed by atoms with E-state index in [2.05, 4.69) is 10.6 Å². The van der Waals surface area contributed by atoms with Gasteiger partial charge in [0.05, 0.1) is 0 Å². The van der Waals surface area contributed by atoms with Gasteiger partial charge >= 0.3 is 5.97 Å². The van der Waals surface area contributed by atoms with Crippen LogP contribution >= 0.6 is 0 Å². The largest absolute Gasteiger partial charge is 0.480 e. The Morgan fingerprint density at radius 2 is 2.42 bits per heavy atom. The Labute approximate surface area is 69.6 Å². The first-order valence-electron chi connectivity index (χ1n) is 3.66. The van der Waals surface area contributed by atoms with Gasteiger partial charge in [0.25, 0.3) is 0 Å². The molecular weight excluding hydrogens is 160 g/mol. The molecule has 0 radical (unpaired) electrons. The maximum atomic E-state index is 10.5. The first-order chi connectivity index (χ1) is 5.59. The van der Waals surface area contributed by atoms with Crippen LogP contribution in [0.2, 0.25) is 0 Å². The number of carboxylic acid groups (broad SMARTS) is 1. The lowest BCUT2D eigenvalue weighted by molar-refractivity contribution is -0.139. The van der Waals surface area contributed by atoms with E-state index in [0.717, 1.165) is 0 Å². The Kier molecular flexibility index (Phi) is 2.49. The average molecular weight is 172 g/mol. The molecule has 0 aromatic rings. The monoisotopic (exact) mass is 172 g/mol. The summed E-state index contributed by atoms with van der Waals surface area (Å²) < 4.78 is 0. The van der Waals surface area contributed by atoms with Gasteiger partial charge in [-0.1, -0.05) is 0 Å². The van der Waals surface area contributed by atoms with Crippen molar-refractivity contribution in [3.8, 4) is 0 Å². The Morgan fingerprint density at radius 1 is 1.75 bits per heavy atom. The molecule has 6 heteroatoms. The molecule has 0 amide bonds. The average Bonchev–Trinajstić information content (AvgIpc) is 2.34. The van der Waals surface area contributed by atoms with Crippen molar-refractivity contribution in [2.45, 2.75) is 18.5 Å². The number of carboxylic acids is 1. The first-order valence-corrected chi connectivity index (χ1v) is 3.66. The maximum Gasteiger partial charge on any atom is 0.320 e. The van der Waals surface area contributed by atoms with Crippen LogP contribution in [0.4, 0.5) is 0 Å². The molecule has 0 aromatic carbocycles. The van der Waals surface area contributed by atoms with Crippen LogP contribution in [0.25, 0.3) is 0 Å². The zero-order valence-corrected chi connectivity index (χ0v) is 6.50. The predicted octanol–water partition coefficient (Wildman–Crippen LogP) is -1.72. The van der Waals surface area contributed by atoms with Gasteiger partial charge < -0.3 is 21.5 Å². The molecule has 1 heterocycles. The molecule has 6 nitrogen and oxygen atoms in total. The highest BCUT2D eigenvalue weighted by molar-refractivity contribution is 5.76. The number of hydrogen-bond acceptors (Lipinski definition) is 3. The third kappa shape index (κ3) is 2.09. The van der Waals surface area contributed by atoms with Gasteiger partial charge in [-0.3, -0.25) is 10.2 Å². The van der Waals surface area contributed by atoms with Crippen molar-refractivity contribution in [1.29, 1.82) is 5.41 Å². The van der Waals surface area contributed by atoms with E-state index in [0.29, 0.717) is 13.0 Å². The smallest absolute Gasteiger partial charge is 0.320 e. The summed E-state index contributed by atoms with van der Waals surface area (Å²) in [6, 6.07) is -0.551. The number of hydrogen-bond donors (Lipinski definition) is 5. The normalized spacial score (nSPS) is 28.3. The van der Waals surface area contributed by atoms with Gasteiger partial charge in [0.15, 0.2) is 5.96 Å². The van der Waals surface area contributed by atoms with E-state index < -0.39 is 12.0 Å². The fraction of sp³-hybridized carbons (Fsp3) is 0.667. The number of carbonyl (C=O) groups is 1. The van der Waals surface area contributed by atoms with Crippen molar-refractivity contribution in [1.82, 2.24) is 10.6 Å². The highest BCUT2D eigenvalue weighted by Crippen LogP contribution is 2.05. The van der Waals surface area contributed by atoms with Gasteiger partial charge in [-0.05, 0) is 6.42 Å². The molecule has 0 aliphatic carbocycles. The minimum Gasteiger partial charge on any atom is -0.480 e. The summed E-state index contributed by atoms with van der Waals surface area (Å²) >= 11 is 0. The molecule has 1 rings (SSSR count). The van der Waals surface area contributed by atoms with Gasteiger partial charge in [-0.25, -0.2) is 0 Å². The number of nitrogens with two attached hydrogens (primary N) is 1. The van der Waals surface area contributed by atoms with Gasteiger partial charge in [0.2, 0.25) is 0 Å². The molecule has 0 bridgehead atoms. The zero-order chi connectivity index (χ0) is 9.14. The van der Waals surface area contributed by atoms with Crippen LogP contribution in [-0.4, -0.2) is 35.7 Å². The van der Waals surface area contributed by atoms with Crippen molar-refractivity contribution in [3.05, 3.63) is 0 Å². The molecule has 1 saturated heterocycles. The summed E-state index contributed by atoms with van der Waals surface area (Å²) in [5.74, 6) is -0.976. The zero-order valence-electron chi connectivity index (χ0n) is 6.50. The van der Waals surface area contributed by atoms with Crippen molar-refractivity contribution >= 4 is 11.9 Å². The molecule has 6 N–H and O–H groups in total. The Bertz CT molecular complexity index is 206. The molecule has 68 valence electrons. The van der Waals surface area contributed by atoms with Crippen LogP contribution in [0.5, 0.6) is 0 Å². The summed E-state index contributed by atoms with van der Waals surface area (Å²) in [5.41, 5.74) is 5.09. The Morgan fingerprint density at radius 3 is 2.83 bits per heavy atom. The Balaban J connectivity index is 2.35. The van der Waals surface area contributed by atoms with E-state index in [1.165, 1.54) is 0 Å². The molecule has 12 heavy (non-hydrogen) atoms. The second-order valence-electron chi connectivity index (χ2n) is 2.79. The predicted molar refractivity (Wildman–Crippen MR) is 42.9 cm³/mol. The number of nitrogens with one attached hydrogen (secondary N) is 3. The minimum atomic E-state index is -0.858. The fourth-order valence-electron chi connectivity index (χ4n) is 1.25. The molecule has 0 aromatic heterocycles. The lowest BCUT2D eigenvalue weighted by Crippen LogP contribution is -2.40. The first kappa shape index (κ1) is 8.79. The number of guanidine groups is 1. The third-order valence-corrected chi connectivity index (χ3v) is 1.79. The van der Waals surface area contributed by atoms with Crippen molar-refractivity contribution in [2.75, 3.05) is 6.54 Å². The summed E-state index contributed by atoms with van der Waals surface area (Å²) in [6.45, 7) is 0.538. The lowest BCUT2D eigenvalue weighted by atomic mass is 10.2. The lowest BCUT2D eigenvalue weighted by Gasteiger charge is -2.09. The molecule has 2 unspecified atom stereocenters. The van der Waals surface area contributed by atoms with E-state index in [1.807, 2.05) is 0 Å². The van der Waals surface area contributed by atoms with Crippen LogP contribution in [0.3, 0.4) is 0 Å². The highest BCUT2D eigenvalue weighted by Gasteiger charge is 2.28. The summed E-state index contributed by atoms with van der Waals surface area (Å²) in [7, 11) is 0. The number of aliphatic carboxylic acids is 1. The maximum absolute atomic E-state index is 10.5. The van der Waals surface area contributed by atoms with Crippen molar-refractivity contribution < 1.29 is 9.90 Å². The minimum absolute atomic E-state index is 0.0383. The van der Waals surface area contributed by atoms with Crippen molar-refractivity contribution in [2.24, 2.45) is 5.73 Å². The van der Waals surface area contributed by atoms with Crippen LogP contribution < -0.4 is 16.4 Å². The third-order valence-electron chi connectivity index (χ3n) is 1.79. The summed E-state index contributed by atoms with van der Waals surface area (Å²) in [5, 5.41) is 21.0. The van der Waals surface area contributed by atoms with Crippen LogP contribution in [0.15, 0.2) is 0 Å². The molecule has 0 saturated carbocycles. The molecule has 2 atom stereocenters. The molecule has 1 aliphatic heterocycles. The van der Waals surface area contributed by atoms with Gasteiger partial charge in [0, 0.05) is 12.6 Å². The van der Waals surface area contributed by atoms with Gasteiger partial charge in [-0.2, -0.15) is 0 Å². The second kappa shape index (κ2) is 3.40. The SMILES string of the molecule is N=C(N)NC1CNC(C(=O)O)C1. The summed E-state index contributed by atoms with van der Waals surface area (Å²) in [6.07, 6.45) is 0.467. The van der Waals surface area contributed by atoms with Crippen LogP contribution in [0.1, 0.15) is 6.42 Å². The molecule has 1 fully saturated rings. The van der Waals surface area contributed by atoms with Crippen molar-refractivity contribution in [3.63, 3.8) is 0 Å². The number of rotatable bonds is 2. The summed E-state index contributed by atoms with van der Waals surface area (Å²) in [4.78, 5) is 10.5. The van der Waals surface area contributed by atoms with E-state index in [-0.39, 0.29) is 12.0 Å². The standard InChI is InChI=1S/C6H12N4O2/c7-6(8)10-3-1-4(5(11)12)9-2-3/h3-4,9H,1-2H2,(H,11,12)(H4,7,8,10). The Hall–Kier alpha value is -1.30. The quantitative estimate of drug-likeness (QED) is 0.251. The molecular formula is C6H12N4O2. The van der Waals surface area contributed by atoms with E-state index in [4.69, 9.17) is 16.2 Å². The fourth-order valence-corrected chi connectivity index (χ4v) is 1.25. The highest BCUT2D eigenvalue weighted by atomic mass is 16.4. The van der Waals surface area contributed by atoms with E-state index >= 15 is 0 Å². The van der Waals surface area contributed by atoms with Gasteiger partial charge in [0.1, 0.15) is 6.04 Å². The van der Waals surface area contributed by atoms with E-state index in [1.54, 1.807) is 0 Å². The second-order valence-corrected chi connectivity index (χ2v) is 2.79. The molecule has 1 aliphatic rings. The van der Waals surface area contributed by atoms with Gasteiger partial charge in [-0.15, -0.1) is 0 Å². The van der Waals surface area contributed by atoms with Crippen LogP contribution in [0, 0.1) is 5.41 Å². The van der Waals surface area contributed by atoms with Crippen LogP contribution in [-0.2, 0) is 4.79 Å². The van der Waals surface area contributed by atoms with E-state index in [9.17, 15) is 4.79 Å². The molecule has 0 spiro atoms.